The molecule has 0 saturated heterocycles. The standard InChI is InChI=1S/C17H19ClN2O2S/c1-2-9-20-16(22)12-8-7-11(18)10-13(12)19-17(20)23-15-6-4-3-5-14(15)21/h7-8,10,15H,2-6,9H2,1H3/t15-/m1/s1. The third kappa shape index (κ3) is 3.45. The van der Waals surface area contributed by atoms with Crippen molar-refractivity contribution in [1.82, 2.24) is 9.55 Å². The van der Waals surface area contributed by atoms with Crippen molar-refractivity contribution in [2.75, 3.05) is 0 Å². The number of nitrogens with zero attached hydrogens (tertiary/aromatic N) is 2. The molecule has 1 fully saturated rings. The number of hydrogen-bond donors (Lipinski definition) is 0. The number of thioether (sulfide) groups is 1. The van der Waals surface area contributed by atoms with Gasteiger partial charge in [0, 0.05) is 18.0 Å². The van der Waals surface area contributed by atoms with E-state index in [2.05, 4.69) is 4.98 Å². The summed E-state index contributed by atoms with van der Waals surface area (Å²) >= 11 is 7.46. The van der Waals surface area contributed by atoms with E-state index < -0.39 is 0 Å². The summed E-state index contributed by atoms with van der Waals surface area (Å²) < 4.78 is 1.70. The number of hydrogen-bond acceptors (Lipinski definition) is 4. The van der Waals surface area contributed by atoms with Gasteiger partial charge >= 0.3 is 0 Å². The molecule has 23 heavy (non-hydrogen) atoms. The lowest BCUT2D eigenvalue weighted by molar-refractivity contribution is -0.119. The van der Waals surface area contributed by atoms with Gasteiger partial charge in [0.25, 0.3) is 5.56 Å². The second-order valence-corrected chi connectivity index (χ2v) is 7.44. The summed E-state index contributed by atoms with van der Waals surface area (Å²) in [6.07, 6.45) is 4.36. The predicted octanol–water partition coefficient (Wildman–Crippen LogP) is 4.06. The quantitative estimate of drug-likeness (QED) is 0.780. The minimum atomic E-state index is -0.0876. The Morgan fingerprint density at radius 2 is 2.17 bits per heavy atom. The Hall–Kier alpha value is -1.33. The zero-order chi connectivity index (χ0) is 16.4. The highest BCUT2D eigenvalue weighted by Gasteiger charge is 2.25. The number of fused-ring (bicyclic) bond motifs is 1. The Bertz CT molecular complexity index is 803. The Morgan fingerprint density at radius 3 is 2.91 bits per heavy atom. The molecule has 0 bridgehead atoms. The van der Waals surface area contributed by atoms with Gasteiger partial charge in [-0.2, -0.15) is 0 Å². The molecule has 1 aliphatic rings. The molecular formula is C17H19ClN2O2S. The monoisotopic (exact) mass is 350 g/mol. The van der Waals surface area contributed by atoms with Gasteiger partial charge in [0.2, 0.25) is 0 Å². The fourth-order valence-corrected chi connectivity index (χ4v) is 4.29. The van der Waals surface area contributed by atoms with E-state index in [4.69, 9.17) is 11.6 Å². The largest absolute Gasteiger partial charge is 0.298 e. The summed E-state index contributed by atoms with van der Waals surface area (Å²) in [6, 6.07) is 5.14. The topological polar surface area (TPSA) is 52.0 Å². The molecule has 0 amide bonds. The summed E-state index contributed by atoms with van der Waals surface area (Å²) in [6.45, 7) is 2.63. The molecule has 1 atom stereocenters. The third-order valence-corrected chi connectivity index (χ3v) is 5.62. The number of aromatic nitrogens is 2. The van der Waals surface area contributed by atoms with Crippen LogP contribution in [0.1, 0.15) is 39.0 Å². The maximum absolute atomic E-state index is 12.8. The number of rotatable bonds is 4. The van der Waals surface area contributed by atoms with Gasteiger partial charge in [-0.1, -0.05) is 36.7 Å². The summed E-state index contributed by atoms with van der Waals surface area (Å²) in [5.41, 5.74) is 0.542. The molecule has 0 N–H and O–H groups in total. The van der Waals surface area contributed by atoms with Crippen molar-refractivity contribution in [3.63, 3.8) is 0 Å². The normalized spacial score (nSPS) is 18.5. The maximum atomic E-state index is 12.8. The van der Waals surface area contributed by atoms with Crippen molar-refractivity contribution in [3.8, 4) is 0 Å². The first-order valence-corrected chi connectivity index (χ1v) is 9.25. The van der Waals surface area contributed by atoms with Gasteiger partial charge in [-0.15, -0.1) is 0 Å². The minimum Gasteiger partial charge on any atom is -0.298 e. The highest BCUT2D eigenvalue weighted by atomic mass is 35.5. The first kappa shape index (κ1) is 16.5. The lowest BCUT2D eigenvalue weighted by Crippen LogP contribution is -2.27. The van der Waals surface area contributed by atoms with Crippen LogP contribution in [0.5, 0.6) is 0 Å². The number of carbonyl (C=O) groups is 1. The van der Waals surface area contributed by atoms with Gasteiger partial charge in [-0.25, -0.2) is 4.98 Å². The molecule has 0 radical (unpaired) electrons. The molecule has 3 rings (SSSR count). The van der Waals surface area contributed by atoms with Crippen molar-refractivity contribution in [2.24, 2.45) is 0 Å². The molecule has 2 aromatic rings. The van der Waals surface area contributed by atoms with Crippen LogP contribution in [-0.2, 0) is 11.3 Å². The molecule has 0 spiro atoms. The van der Waals surface area contributed by atoms with Crippen LogP contribution in [0, 0.1) is 0 Å². The molecule has 0 aliphatic heterocycles. The van der Waals surface area contributed by atoms with Crippen LogP contribution in [-0.4, -0.2) is 20.6 Å². The molecule has 1 saturated carbocycles. The first-order chi connectivity index (χ1) is 11.1. The molecule has 1 aromatic carbocycles. The number of carbonyl (C=O) groups excluding carboxylic acids is 1. The van der Waals surface area contributed by atoms with Crippen LogP contribution in [0.15, 0.2) is 28.2 Å². The molecule has 1 aromatic heterocycles. The van der Waals surface area contributed by atoms with Crippen LogP contribution in [0.2, 0.25) is 5.02 Å². The first-order valence-electron chi connectivity index (χ1n) is 7.99. The molecule has 4 nitrogen and oxygen atoms in total. The van der Waals surface area contributed by atoms with E-state index >= 15 is 0 Å². The summed E-state index contributed by atoms with van der Waals surface area (Å²) in [7, 11) is 0. The van der Waals surface area contributed by atoms with E-state index in [9.17, 15) is 9.59 Å². The zero-order valence-electron chi connectivity index (χ0n) is 13.0. The highest BCUT2D eigenvalue weighted by molar-refractivity contribution is 8.00. The van der Waals surface area contributed by atoms with E-state index in [0.29, 0.717) is 34.0 Å². The molecular weight excluding hydrogens is 332 g/mol. The smallest absolute Gasteiger partial charge is 0.262 e. The number of benzene rings is 1. The molecule has 1 aliphatic carbocycles. The van der Waals surface area contributed by atoms with E-state index in [1.54, 1.807) is 22.8 Å². The third-order valence-electron chi connectivity index (χ3n) is 4.08. The lowest BCUT2D eigenvalue weighted by Gasteiger charge is -2.21. The van der Waals surface area contributed by atoms with Gasteiger partial charge in [0.1, 0.15) is 5.78 Å². The fourth-order valence-electron chi connectivity index (χ4n) is 2.89. The summed E-state index contributed by atoms with van der Waals surface area (Å²) in [4.78, 5) is 29.5. The second kappa shape index (κ2) is 7.05. The van der Waals surface area contributed by atoms with Crippen LogP contribution in [0.25, 0.3) is 10.9 Å². The average molecular weight is 351 g/mol. The van der Waals surface area contributed by atoms with Gasteiger partial charge in [0.15, 0.2) is 5.16 Å². The van der Waals surface area contributed by atoms with E-state index in [1.165, 1.54) is 11.8 Å². The van der Waals surface area contributed by atoms with Crippen molar-refractivity contribution < 1.29 is 4.79 Å². The molecule has 0 unspecified atom stereocenters. The Morgan fingerprint density at radius 1 is 1.35 bits per heavy atom. The van der Waals surface area contributed by atoms with Crippen molar-refractivity contribution in [2.45, 2.75) is 56.0 Å². The Balaban J connectivity index is 2.07. The second-order valence-electron chi connectivity index (χ2n) is 5.83. The SMILES string of the molecule is CCCn1c(S[C@@H]2CCCCC2=O)nc2cc(Cl)ccc2c1=O. The van der Waals surface area contributed by atoms with Gasteiger partial charge in [0.05, 0.1) is 16.2 Å². The van der Waals surface area contributed by atoms with Crippen LogP contribution >= 0.6 is 23.4 Å². The van der Waals surface area contributed by atoms with Crippen molar-refractivity contribution in [3.05, 3.63) is 33.6 Å². The summed E-state index contributed by atoms with van der Waals surface area (Å²) in [5.74, 6) is 0.268. The molecule has 1 heterocycles. The minimum absolute atomic E-state index is 0.0562. The summed E-state index contributed by atoms with van der Waals surface area (Å²) in [5, 5.41) is 1.67. The van der Waals surface area contributed by atoms with Crippen molar-refractivity contribution >= 4 is 40.0 Å². The van der Waals surface area contributed by atoms with Gasteiger partial charge < -0.3 is 0 Å². The van der Waals surface area contributed by atoms with Crippen LogP contribution in [0.4, 0.5) is 0 Å². The van der Waals surface area contributed by atoms with E-state index in [0.717, 1.165) is 25.7 Å². The average Bonchev–Trinajstić information content (AvgIpc) is 2.53. The van der Waals surface area contributed by atoms with Crippen LogP contribution < -0.4 is 5.56 Å². The maximum Gasteiger partial charge on any atom is 0.262 e. The predicted molar refractivity (Wildman–Crippen MR) is 94.4 cm³/mol. The van der Waals surface area contributed by atoms with Crippen molar-refractivity contribution in [1.29, 1.82) is 0 Å². The van der Waals surface area contributed by atoms with E-state index in [1.807, 2.05) is 6.92 Å². The van der Waals surface area contributed by atoms with E-state index in [-0.39, 0.29) is 16.6 Å². The van der Waals surface area contributed by atoms with Gasteiger partial charge in [-0.3, -0.25) is 14.2 Å². The highest BCUT2D eigenvalue weighted by Crippen LogP contribution is 2.31. The molecule has 6 heteroatoms. The lowest BCUT2D eigenvalue weighted by atomic mass is 9.99. The van der Waals surface area contributed by atoms with Gasteiger partial charge in [-0.05, 0) is 37.5 Å². The Labute approximate surface area is 144 Å². The number of ketones is 1. The number of Topliss-reactive ketones (excluding diaryl/α,β-unsaturated/α-hetero) is 1. The van der Waals surface area contributed by atoms with Crippen LogP contribution in [0.3, 0.4) is 0 Å². The number of halogens is 1. The fraction of sp³-hybridized carbons (Fsp3) is 0.471. The molecule has 122 valence electrons. The zero-order valence-corrected chi connectivity index (χ0v) is 14.6. The Kier molecular flexibility index (Phi) is 5.07.